The van der Waals surface area contributed by atoms with Crippen molar-refractivity contribution in [3.63, 3.8) is 0 Å². The minimum atomic E-state index is -0.505. The van der Waals surface area contributed by atoms with Crippen LogP contribution in [0, 0.1) is 0 Å². The molecule has 0 N–H and O–H groups in total. The van der Waals surface area contributed by atoms with E-state index in [1.54, 1.807) is 35.2 Å². The van der Waals surface area contributed by atoms with E-state index in [2.05, 4.69) is 6.58 Å². The number of para-hydroxylation sites is 1. The molecular weight excluding hydrogens is 270 g/mol. The lowest BCUT2D eigenvalue weighted by Gasteiger charge is -2.23. The van der Waals surface area contributed by atoms with Gasteiger partial charge in [0, 0.05) is 6.54 Å². The van der Waals surface area contributed by atoms with E-state index in [0.29, 0.717) is 30.9 Å². The Morgan fingerprint density at radius 2 is 2.19 bits per heavy atom. The van der Waals surface area contributed by atoms with E-state index in [1.165, 1.54) is 7.11 Å². The molecule has 0 aromatic heterocycles. The van der Waals surface area contributed by atoms with E-state index < -0.39 is 6.04 Å². The molecule has 1 aromatic carbocycles. The maximum atomic E-state index is 12.7. The Labute approximate surface area is 124 Å². The van der Waals surface area contributed by atoms with Crippen LogP contribution in [0.4, 0.5) is 0 Å². The number of esters is 1. The van der Waals surface area contributed by atoms with Gasteiger partial charge in [0.05, 0.1) is 12.7 Å². The third-order valence-corrected chi connectivity index (χ3v) is 3.46. The number of methoxy groups -OCH3 is 1. The summed E-state index contributed by atoms with van der Waals surface area (Å²) >= 11 is 0. The van der Waals surface area contributed by atoms with Crippen molar-refractivity contribution in [3.8, 4) is 5.75 Å². The number of hydrogen-bond donors (Lipinski definition) is 0. The first kappa shape index (κ1) is 15.1. The van der Waals surface area contributed by atoms with Gasteiger partial charge in [-0.15, -0.1) is 0 Å². The molecule has 1 amide bonds. The zero-order chi connectivity index (χ0) is 15.2. The molecule has 1 aliphatic heterocycles. The second-order valence-corrected chi connectivity index (χ2v) is 4.78. The summed E-state index contributed by atoms with van der Waals surface area (Å²) in [6.45, 7) is 4.47. The van der Waals surface area contributed by atoms with Crippen LogP contribution >= 0.6 is 0 Å². The van der Waals surface area contributed by atoms with Crippen molar-refractivity contribution in [1.29, 1.82) is 0 Å². The van der Waals surface area contributed by atoms with Crippen molar-refractivity contribution in [3.05, 3.63) is 42.5 Å². The minimum Gasteiger partial charge on any atom is -0.489 e. The number of carbonyl (C=O) groups excluding carboxylic acids is 2. The standard InChI is InChI=1S/C16H19NO4/c1-3-11-21-14-9-5-4-7-12(14)15(18)17-10-6-8-13(17)16(19)20-2/h3-5,7,9,13H,1,6,8,10-11H2,2H3. The van der Waals surface area contributed by atoms with Crippen molar-refractivity contribution in [2.45, 2.75) is 18.9 Å². The quantitative estimate of drug-likeness (QED) is 0.615. The van der Waals surface area contributed by atoms with Crippen LogP contribution in [0.1, 0.15) is 23.2 Å². The Balaban J connectivity index is 2.23. The lowest BCUT2D eigenvalue weighted by atomic mass is 10.1. The van der Waals surface area contributed by atoms with E-state index in [1.807, 2.05) is 0 Å². The first-order valence-electron chi connectivity index (χ1n) is 6.90. The Kier molecular flexibility index (Phi) is 4.98. The molecule has 1 aliphatic rings. The van der Waals surface area contributed by atoms with Gasteiger partial charge < -0.3 is 14.4 Å². The normalized spacial score (nSPS) is 17.4. The van der Waals surface area contributed by atoms with Crippen LogP contribution in [0.25, 0.3) is 0 Å². The van der Waals surface area contributed by atoms with Gasteiger partial charge in [-0.2, -0.15) is 0 Å². The Morgan fingerprint density at radius 3 is 2.90 bits per heavy atom. The predicted molar refractivity (Wildman–Crippen MR) is 78.2 cm³/mol. The van der Waals surface area contributed by atoms with Gasteiger partial charge in [0.25, 0.3) is 5.91 Å². The van der Waals surface area contributed by atoms with Crippen molar-refractivity contribution < 1.29 is 19.1 Å². The molecule has 5 nitrogen and oxygen atoms in total. The Morgan fingerprint density at radius 1 is 1.43 bits per heavy atom. The van der Waals surface area contributed by atoms with Gasteiger partial charge in [-0.3, -0.25) is 4.79 Å². The van der Waals surface area contributed by atoms with Gasteiger partial charge in [0.1, 0.15) is 18.4 Å². The smallest absolute Gasteiger partial charge is 0.328 e. The summed E-state index contributed by atoms with van der Waals surface area (Å²) in [5.74, 6) is -0.0779. The van der Waals surface area contributed by atoms with Gasteiger partial charge in [0.15, 0.2) is 0 Å². The summed E-state index contributed by atoms with van der Waals surface area (Å²) in [7, 11) is 1.34. The average Bonchev–Trinajstić information content (AvgIpc) is 3.01. The fourth-order valence-electron chi connectivity index (χ4n) is 2.46. The molecule has 0 aliphatic carbocycles. The molecule has 0 radical (unpaired) electrons. The molecule has 1 heterocycles. The highest BCUT2D eigenvalue weighted by molar-refractivity contribution is 5.99. The van der Waals surface area contributed by atoms with Crippen LogP contribution in [-0.4, -0.2) is 43.1 Å². The first-order valence-corrected chi connectivity index (χ1v) is 6.90. The summed E-state index contributed by atoms with van der Waals surface area (Å²) in [5.41, 5.74) is 0.454. The van der Waals surface area contributed by atoms with Crippen LogP contribution in [0.5, 0.6) is 5.75 Å². The van der Waals surface area contributed by atoms with Gasteiger partial charge in [-0.1, -0.05) is 24.8 Å². The number of benzene rings is 1. The van der Waals surface area contributed by atoms with Crippen molar-refractivity contribution in [2.24, 2.45) is 0 Å². The highest BCUT2D eigenvalue weighted by Gasteiger charge is 2.36. The molecule has 5 heteroatoms. The molecule has 0 spiro atoms. The molecule has 2 rings (SSSR count). The Hall–Kier alpha value is -2.30. The lowest BCUT2D eigenvalue weighted by Crippen LogP contribution is -2.41. The maximum absolute atomic E-state index is 12.7. The van der Waals surface area contributed by atoms with Crippen LogP contribution in [0.15, 0.2) is 36.9 Å². The number of amides is 1. The lowest BCUT2D eigenvalue weighted by molar-refractivity contribution is -0.145. The third kappa shape index (κ3) is 3.24. The highest BCUT2D eigenvalue weighted by atomic mass is 16.5. The van der Waals surface area contributed by atoms with E-state index >= 15 is 0 Å². The second-order valence-electron chi connectivity index (χ2n) is 4.78. The topological polar surface area (TPSA) is 55.8 Å². The van der Waals surface area contributed by atoms with Crippen molar-refractivity contribution in [2.75, 3.05) is 20.3 Å². The van der Waals surface area contributed by atoms with Gasteiger partial charge in [0.2, 0.25) is 0 Å². The number of rotatable bonds is 5. The summed E-state index contributed by atoms with van der Waals surface area (Å²) in [6.07, 6.45) is 3.05. The number of nitrogens with zero attached hydrogens (tertiary/aromatic N) is 1. The molecule has 112 valence electrons. The van der Waals surface area contributed by atoms with Crippen molar-refractivity contribution in [1.82, 2.24) is 4.90 Å². The first-order chi connectivity index (χ1) is 10.2. The van der Waals surface area contributed by atoms with Crippen LogP contribution in [0.2, 0.25) is 0 Å². The third-order valence-electron chi connectivity index (χ3n) is 3.46. The number of hydrogen-bond acceptors (Lipinski definition) is 4. The molecule has 0 saturated carbocycles. The summed E-state index contributed by atoms with van der Waals surface area (Å²) in [5, 5.41) is 0. The van der Waals surface area contributed by atoms with Gasteiger partial charge in [-0.25, -0.2) is 4.79 Å². The zero-order valence-corrected chi connectivity index (χ0v) is 12.1. The molecule has 1 aromatic rings. The monoisotopic (exact) mass is 289 g/mol. The molecule has 1 fully saturated rings. The van der Waals surface area contributed by atoms with E-state index in [4.69, 9.17) is 9.47 Å². The van der Waals surface area contributed by atoms with Crippen LogP contribution in [0.3, 0.4) is 0 Å². The summed E-state index contributed by atoms with van der Waals surface area (Å²) in [4.78, 5) is 26.0. The molecule has 1 saturated heterocycles. The van der Waals surface area contributed by atoms with E-state index in [0.717, 1.165) is 6.42 Å². The molecule has 1 atom stereocenters. The largest absolute Gasteiger partial charge is 0.489 e. The number of likely N-dealkylation sites (tertiary alicyclic amines) is 1. The van der Waals surface area contributed by atoms with Crippen molar-refractivity contribution >= 4 is 11.9 Å². The maximum Gasteiger partial charge on any atom is 0.328 e. The summed E-state index contributed by atoms with van der Waals surface area (Å²) in [6, 6.07) is 6.51. The van der Waals surface area contributed by atoms with Crippen LogP contribution in [-0.2, 0) is 9.53 Å². The second kappa shape index (κ2) is 6.92. The SMILES string of the molecule is C=CCOc1ccccc1C(=O)N1CCCC1C(=O)OC. The van der Waals surface area contributed by atoms with Gasteiger partial charge >= 0.3 is 5.97 Å². The summed E-state index contributed by atoms with van der Waals surface area (Å²) < 4.78 is 10.3. The average molecular weight is 289 g/mol. The molecular formula is C16H19NO4. The predicted octanol–water partition coefficient (Wildman–Crippen LogP) is 2.03. The molecule has 21 heavy (non-hydrogen) atoms. The van der Waals surface area contributed by atoms with Crippen LogP contribution < -0.4 is 4.74 Å². The molecule has 0 bridgehead atoms. The number of ether oxygens (including phenoxy) is 2. The zero-order valence-electron chi connectivity index (χ0n) is 12.1. The highest BCUT2D eigenvalue weighted by Crippen LogP contribution is 2.25. The Bertz CT molecular complexity index is 541. The van der Waals surface area contributed by atoms with E-state index in [9.17, 15) is 9.59 Å². The number of carbonyl (C=O) groups is 2. The van der Waals surface area contributed by atoms with E-state index in [-0.39, 0.29) is 11.9 Å². The molecule has 1 unspecified atom stereocenters. The van der Waals surface area contributed by atoms with Gasteiger partial charge in [-0.05, 0) is 25.0 Å². The fourth-order valence-corrected chi connectivity index (χ4v) is 2.46. The minimum absolute atomic E-state index is 0.206. The fraction of sp³-hybridized carbons (Fsp3) is 0.375.